The van der Waals surface area contributed by atoms with E-state index in [1.54, 1.807) is 11.0 Å². The molecule has 3 fully saturated rings. The second-order valence-electron chi connectivity index (χ2n) is 13.1. The van der Waals surface area contributed by atoms with Crippen molar-refractivity contribution < 1.29 is 41.8 Å². The number of nitrogens with two attached hydrogens (primary N) is 2. The molecule has 3 atom stereocenters. The number of benzene rings is 1. The number of hydrogen-bond donors (Lipinski definition) is 3. The van der Waals surface area contributed by atoms with Gasteiger partial charge in [0.05, 0.1) is 23.1 Å². The van der Waals surface area contributed by atoms with Crippen molar-refractivity contribution in [3.05, 3.63) is 39.7 Å². The third-order valence-corrected chi connectivity index (χ3v) is 10.3. The smallest absolute Gasteiger partial charge is 0.310 e. The summed E-state index contributed by atoms with van der Waals surface area (Å²) in [6.07, 6.45) is -2.65. The number of carboxylic acids is 1. The first-order valence-electron chi connectivity index (χ1n) is 14.9. The molecule has 15 heteroatoms. The molecule has 1 spiro atoms. The molecule has 5 N–H and O–H groups in total. The Kier molecular flexibility index (Phi) is 8.71. The number of hydrogen-bond acceptors (Lipinski definition) is 7. The predicted molar refractivity (Wildman–Crippen MR) is 155 cm³/mol. The van der Waals surface area contributed by atoms with E-state index in [0.29, 0.717) is 34.1 Å². The van der Waals surface area contributed by atoms with Crippen LogP contribution in [-0.4, -0.2) is 83.3 Å². The lowest BCUT2D eigenvalue weighted by molar-refractivity contribution is -0.174. The maximum atomic E-state index is 14.7. The molecule has 1 saturated heterocycles. The minimum absolute atomic E-state index is 0.0118. The molecule has 1 aromatic rings. The van der Waals surface area contributed by atoms with Gasteiger partial charge in [-0.3, -0.25) is 14.4 Å². The molecule has 0 aromatic heterocycles. The molecule has 2 heterocycles. The SMILES string of the molecule is CN(N)/C(=C(\N)COc1ccc(Cl)c2c1[C@@H](CN1CC3(CC3)CC1=O)N(C(=O)[C@@H]1CC(F)(F)CC[C@]1(C)C(=O)O)CC2)C(F)F. The minimum Gasteiger partial charge on any atom is -0.487 e. The van der Waals surface area contributed by atoms with Gasteiger partial charge in [0.1, 0.15) is 18.1 Å². The van der Waals surface area contributed by atoms with Gasteiger partial charge < -0.3 is 30.4 Å². The lowest BCUT2D eigenvalue weighted by Crippen LogP contribution is -2.55. The highest BCUT2D eigenvalue weighted by Crippen LogP contribution is 2.54. The lowest BCUT2D eigenvalue weighted by atomic mass is 9.65. The Morgan fingerprint density at radius 3 is 2.49 bits per heavy atom. The normalized spacial score (nSPS) is 27.4. The molecule has 0 unspecified atom stereocenters. The van der Waals surface area contributed by atoms with Gasteiger partial charge in [-0.25, -0.2) is 23.4 Å². The van der Waals surface area contributed by atoms with Gasteiger partial charge in [-0.05, 0) is 55.7 Å². The Bertz CT molecular complexity index is 1410. The first-order valence-corrected chi connectivity index (χ1v) is 15.2. The zero-order valence-electron chi connectivity index (χ0n) is 25.1. The minimum atomic E-state index is -3.23. The Morgan fingerprint density at radius 1 is 1.22 bits per heavy atom. The van der Waals surface area contributed by atoms with Crippen LogP contribution in [0.4, 0.5) is 17.6 Å². The number of hydrazine groups is 1. The molecule has 2 aliphatic carbocycles. The Labute approximate surface area is 263 Å². The second-order valence-corrected chi connectivity index (χ2v) is 13.5. The average molecular weight is 660 g/mol. The maximum Gasteiger partial charge on any atom is 0.310 e. The third kappa shape index (κ3) is 6.27. The van der Waals surface area contributed by atoms with E-state index in [0.717, 1.165) is 12.8 Å². The third-order valence-electron chi connectivity index (χ3n) is 9.98. The fourth-order valence-electron chi connectivity index (χ4n) is 7.04. The van der Waals surface area contributed by atoms with Crippen LogP contribution in [0.2, 0.25) is 5.02 Å². The number of carbonyl (C=O) groups is 3. The molecule has 4 aliphatic rings. The monoisotopic (exact) mass is 659 g/mol. The summed E-state index contributed by atoms with van der Waals surface area (Å²) in [6.45, 7) is 1.29. The number of fused-ring (bicyclic) bond motifs is 1. The van der Waals surface area contributed by atoms with Gasteiger partial charge in [-0.2, -0.15) is 0 Å². The number of halogens is 5. The Morgan fingerprint density at radius 2 is 1.91 bits per heavy atom. The fourth-order valence-corrected chi connectivity index (χ4v) is 7.30. The summed E-state index contributed by atoms with van der Waals surface area (Å²) >= 11 is 6.60. The molecule has 45 heavy (non-hydrogen) atoms. The summed E-state index contributed by atoms with van der Waals surface area (Å²) in [4.78, 5) is 42.8. The molecule has 2 saturated carbocycles. The van der Waals surface area contributed by atoms with E-state index >= 15 is 0 Å². The summed E-state index contributed by atoms with van der Waals surface area (Å²) in [5, 5.41) is 11.1. The number of amides is 2. The summed E-state index contributed by atoms with van der Waals surface area (Å²) in [5.74, 6) is -1.31. The van der Waals surface area contributed by atoms with Crippen molar-refractivity contribution in [2.24, 2.45) is 28.3 Å². The van der Waals surface area contributed by atoms with E-state index < -0.39 is 66.7 Å². The molecule has 0 radical (unpaired) electrons. The predicted octanol–water partition coefficient (Wildman–Crippen LogP) is 3.92. The van der Waals surface area contributed by atoms with Crippen LogP contribution in [0.25, 0.3) is 0 Å². The fraction of sp³-hybridized carbons (Fsp3) is 0.633. The highest BCUT2D eigenvalue weighted by molar-refractivity contribution is 6.31. The molecule has 0 bridgehead atoms. The van der Waals surface area contributed by atoms with E-state index in [9.17, 15) is 37.1 Å². The number of aliphatic carboxylic acids is 1. The molecule has 2 amide bonds. The molecular formula is C30H38ClF4N5O5. The van der Waals surface area contributed by atoms with Crippen molar-refractivity contribution in [3.63, 3.8) is 0 Å². The van der Waals surface area contributed by atoms with E-state index in [-0.39, 0.29) is 48.7 Å². The van der Waals surface area contributed by atoms with Gasteiger partial charge >= 0.3 is 5.97 Å². The van der Waals surface area contributed by atoms with Crippen molar-refractivity contribution >= 4 is 29.4 Å². The summed E-state index contributed by atoms with van der Waals surface area (Å²) < 4.78 is 62.7. The van der Waals surface area contributed by atoms with Crippen LogP contribution in [0, 0.1) is 16.7 Å². The van der Waals surface area contributed by atoms with E-state index in [1.165, 1.54) is 24.9 Å². The Balaban J connectivity index is 1.56. The van der Waals surface area contributed by atoms with Crippen LogP contribution >= 0.6 is 11.6 Å². The Hall–Kier alpha value is -3.26. The number of carbonyl (C=O) groups excluding carboxylic acids is 2. The molecule has 5 rings (SSSR count). The van der Waals surface area contributed by atoms with E-state index in [4.69, 9.17) is 27.9 Å². The molecule has 1 aromatic carbocycles. The number of allylic oxidation sites excluding steroid dienone is 1. The van der Waals surface area contributed by atoms with Crippen molar-refractivity contribution in [1.29, 1.82) is 0 Å². The largest absolute Gasteiger partial charge is 0.487 e. The van der Waals surface area contributed by atoms with Crippen molar-refractivity contribution in [2.75, 3.05) is 33.3 Å². The topological polar surface area (TPSA) is 142 Å². The highest BCUT2D eigenvalue weighted by atomic mass is 35.5. The van der Waals surface area contributed by atoms with Crippen LogP contribution in [0.15, 0.2) is 23.5 Å². The zero-order valence-corrected chi connectivity index (χ0v) is 25.9. The van der Waals surface area contributed by atoms with Gasteiger partial charge in [0.2, 0.25) is 17.7 Å². The van der Waals surface area contributed by atoms with Crippen LogP contribution < -0.4 is 16.3 Å². The summed E-state index contributed by atoms with van der Waals surface area (Å²) in [6, 6.07) is 2.10. The van der Waals surface area contributed by atoms with Gasteiger partial charge in [0.25, 0.3) is 6.43 Å². The van der Waals surface area contributed by atoms with Gasteiger partial charge in [-0.15, -0.1) is 0 Å². The quantitative estimate of drug-likeness (QED) is 0.206. The summed E-state index contributed by atoms with van der Waals surface area (Å²) in [5.41, 5.74) is 4.06. The number of rotatable bonds is 9. The van der Waals surface area contributed by atoms with Crippen LogP contribution in [0.3, 0.4) is 0 Å². The van der Waals surface area contributed by atoms with E-state index in [1.807, 2.05) is 0 Å². The van der Waals surface area contributed by atoms with Gasteiger partial charge in [0.15, 0.2) is 0 Å². The van der Waals surface area contributed by atoms with Crippen molar-refractivity contribution in [2.45, 2.75) is 70.3 Å². The zero-order chi connectivity index (χ0) is 33.1. The first kappa shape index (κ1) is 33.1. The molecule has 2 aliphatic heterocycles. The lowest BCUT2D eigenvalue weighted by Gasteiger charge is -2.46. The standard InChI is InChI=1S/C30H38ClF4N5O5/c1-28(27(43)44)6-9-30(34,35)11-17(28)26(42)40-10-5-16-18(31)3-4-21(45-14-19(36)24(25(32)33)38(2)37)23(16)20(40)13-39-15-29(7-8-29)12-22(39)41/h3-4,17,20,25H,5-15,36-37H2,1-2H3,(H,43,44)/b24-19-/t17-,20+,28-/m0/s1. The van der Waals surface area contributed by atoms with E-state index in [2.05, 4.69) is 0 Å². The number of ether oxygens (including phenoxy) is 1. The molecule has 10 nitrogen and oxygen atoms in total. The van der Waals surface area contributed by atoms with Gasteiger partial charge in [0, 0.05) is 56.5 Å². The first-order chi connectivity index (χ1) is 21.0. The number of likely N-dealkylation sites (tertiary alicyclic amines) is 1. The second kappa shape index (κ2) is 11.8. The number of alkyl halides is 4. The van der Waals surface area contributed by atoms with Crippen molar-refractivity contribution in [3.8, 4) is 5.75 Å². The van der Waals surface area contributed by atoms with Crippen LogP contribution in [0.1, 0.15) is 62.6 Å². The maximum absolute atomic E-state index is 14.7. The number of nitrogens with zero attached hydrogens (tertiary/aromatic N) is 3. The molecule has 248 valence electrons. The molecular weight excluding hydrogens is 622 g/mol. The summed E-state index contributed by atoms with van der Waals surface area (Å²) in [7, 11) is 1.21. The number of carboxylic acid groups (broad SMARTS) is 1. The van der Waals surface area contributed by atoms with Crippen molar-refractivity contribution in [1.82, 2.24) is 14.8 Å². The van der Waals surface area contributed by atoms with Gasteiger partial charge in [-0.1, -0.05) is 11.6 Å². The highest BCUT2D eigenvalue weighted by Gasteiger charge is 2.57. The van der Waals surface area contributed by atoms with Crippen LogP contribution in [-0.2, 0) is 20.8 Å². The van der Waals surface area contributed by atoms with Crippen LogP contribution in [0.5, 0.6) is 5.75 Å². The average Bonchev–Trinajstić information content (AvgIpc) is 3.63.